The van der Waals surface area contributed by atoms with Crippen LogP contribution in [0.15, 0.2) is 0 Å². The Kier molecular flexibility index (Phi) is 30.5. The summed E-state index contributed by atoms with van der Waals surface area (Å²) in [6, 6.07) is 0. The number of nitrogens with two attached hydrogens (primary N) is 1. The van der Waals surface area contributed by atoms with E-state index in [2.05, 4.69) is 20.8 Å². The summed E-state index contributed by atoms with van der Waals surface area (Å²) in [6.45, 7) is 6.93. The summed E-state index contributed by atoms with van der Waals surface area (Å²) in [5.41, 5.74) is 7.24. The van der Waals surface area contributed by atoms with Crippen LogP contribution in [-0.2, 0) is 0 Å². The van der Waals surface area contributed by atoms with Crippen LogP contribution in [0, 0.1) is 0 Å². The molecule has 0 saturated carbocycles. The van der Waals surface area contributed by atoms with E-state index in [1.54, 1.807) is 0 Å². The second-order valence-electron chi connectivity index (χ2n) is 12.8. The predicted octanol–water partition coefficient (Wildman–Crippen LogP) is 13.2. The largest absolute Gasteiger partial charge is 0.325 e. The van der Waals surface area contributed by atoms with Gasteiger partial charge in [0.15, 0.2) is 0 Å². The average Bonchev–Trinajstić information content (AvgIpc) is 2.90. The fraction of sp³-hybridized carbons (Fsp3) is 1.00. The van der Waals surface area contributed by atoms with Gasteiger partial charge in [-0.3, -0.25) is 0 Å². The first-order valence-corrected chi connectivity index (χ1v) is 18.0. The Morgan fingerprint density at radius 1 is 0.270 bits per heavy atom. The van der Waals surface area contributed by atoms with E-state index in [4.69, 9.17) is 5.73 Å². The molecule has 0 saturated heterocycles. The molecule has 0 rings (SSSR count). The van der Waals surface area contributed by atoms with E-state index in [0.29, 0.717) is 0 Å². The van der Waals surface area contributed by atoms with Crippen molar-refractivity contribution in [2.45, 2.75) is 232 Å². The molecule has 0 atom stereocenters. The van der Waals surface area contributed by atoms with Crippen molar-refractivity contribution >= 4 is 0 Å². The van der Waals surface area contributed by atoms with Gasteiger partial charge in [0.25, 0.3) is 0 Å². The van der Waals surface area contributed by atoms with Gasteiger partial charge in [0.2, 0.25) is 0 Å². The molecule has 37 heavy (non-hydrogen) atoms. The summed E-state index contributed by atoms with van der Waals surface area (Å²) in [5.74, 6) is 0. The normalized spacial score (nSPS) is 12.0. The third-order valence-electron chi connectivity index (χ3n) is 8.83. The number of hydrogen-bond acceptors (Lipinski definition) is 1. The van der Waals surface area contributed by atoms with Crippen LogP contribution in [0.4, 0.5) is 0 Å². The van der Waals surface area contributed by atoms with Crippen molar-refractivity contribution in [1.82, 2.24) is 0 Å². The maximum absolute atomic E-state index is 7.11. The van der Waals surface area contributed by atoms with Gasteiger partial charge < -0.3 is 5.73 Å². The molecule has 1 heteroatoms. The van der Waals surface area contributed by atoms with E-state index >= 15 is 0 Å². The molecule has 0 aliphatic rings. The molecule has 0 aliphatic heterocycles. The van der Waals surface area contributed by atoms with Crippen molar-refractivity contribution in [2.75, 3.05) is 0 Å². The fourth-order valence-electron chi connectivity index (χ4n) is 6.09. The van der Waals surface area contributed by atoms with Gasteiger partial charge in [-0.05, 0) is 19.3 Å². The molecular formula is C36H75N. The molecule has 1 nitrogen and oxygen atoms in total. The molecule has 0 unspecified atom stereocenters. The molecule has 0 aromatic heterocycles. The fourth-order valence-corrected chi connectivity index (χ4v) is 6.09. The van der Waals surface area contributed by atoms with Gasteiger partial charge in [-0.1, -0.05) is 207 Å². The monoisotopic (exact) mass is 522 g/mol. The number of rotatable bonds is 32. The molecule has 0 spiro atoms. The maximum Gasteiger partial charge on any atom is 0.0154 e. The number of hydrogen-bond donors (Lipinski definition) is 1. The summed E-state index contributed by atoms with van der Waals surface area (Å²) in [6.07, 6.45) is 45.1. The lowest BCUT2D eigenvalue weighted by Crippen LogP contribution is -2.39. The summed E-state index contributed by atoms with van der Waals surface area (Å²) in [4.78, 5) is 0. The first kappa shape index (κ1) is 37.0. The van der Waals surface area contributed by atoms with E-state index in [-0.39, 0.29) is 5.54 Å². The van der Waals surface area contributed by atoms with Crippen molar-refractivity contribution in [3.05, 3.63) is 0 Å². The minimum Gasteiger partial charge on any atom is -0.325 e. The molecule has 0 radical (unpaired) electrons. The first-order valence-electron chi connectivity index (χ1n) is 18.0. The zero-order chi connectivity index (χ0) is 27.1. The highest BCUT2D eigenvalue weighted by molar-refractivity contribution is 4.84. The van der Waals surface area contributed by atoms with Crippen molar-refractivity contribution in [1.29, 1.82) is 0 Å². The van der Waals surface area contributed by atoms with Crippen LogP contribution in [0.3, 0.4) is 0 Å². The third-order valence-corrected chi connectivity index (χ3v) is 8.83. The third kappa shape index (κ3) is 28.8. The standard InChI is InChI=1S/C36H75N/c1-4-7-10-13-16-19-22-25-28-31-34-36(37,33-30-27-24-21-18-15-12-9-6-3)35-32-29-26-23-20-17-14-11-8-5-2/h4-35,37H2,1-3H3. The van der Waals surface area contributed by atoms with Crippen molar-refractivity contribution in [3.8, 4) is 0 Å². The van der Waals surface area contributed by atoms with Crippen LogP contribution in [0.5, 0.6) is 0 Å². The summed E-state index contributed by atoms with van der Waals surface area (Å²) < 4.78 is 0. The minimum atomic E-state index is 0.126. The topological polar surface area (TPSA) is 26.0 Å². The molecule has 0 aromatic carbocycles. The van der Waals surface area contributed by atoms with Crippen LogP contribution in [-0.4, -0.2) is 5.54 Å². The predicted molar refractivity (Wildman–Crippen MR) is 172 cm³/mol. The lowest BCUT2D eigenvalue weighted by Gasteiger charge is -2.30. The van der Waals surface area contributed by atoms with Crippen LogP contribution < -0.4 is 5.73 Å². The molecule has 0 amide bonds. The van der Waals surface area contributed by atoms with E-state index in [1.807, 2.05) is 0 Å². The second kappa shape index (κ2) is 30.5. The second-order valence-corrected chi connectivity index (χ2v) is 12.8. The Morgan fingerprint density at radius 2 is 0.432 bits per heavy atom. The zero-order valence-corrected chi connectivity index (χ0v) is 26.7. The highest BCUT2D eigenvalue weighted by Gasteiger charge is 2.23. The Morgan fingerprint density at radius 3 is 0.622 bits per heavy atom. The molecular weight excluding hydrogens is 446 g/mol. The molecule has 0 fully saturated rings. The van der Waals surface area contributed by atoms with Gasteiger partial charge in [-0.2, -0.15) is 0 Å². The SMILES string of the molecule is CCCCCCCCCCCCC(N)(CCCCCCCCCCC)CCCCCCCCCCCC. The maximum atomic E-state index is 7.11. The molecule has 0 heterocycles. The van der Waals surface area contributed by atoms with Crippen LogP contribution in [0.2, 0.25) is 0 Å². The molecule has 0 aromatic rings. The number of unbranched alkanes of at least 4 members (excludes halogenated alkanes) is 26. The highest BCUT2D eigenvalue weighted by Crippen LogP contribution is 2.27. The van der Waals surface area contributed by atoms with Gasteiger partial charge in [0.1, 0.15) is 0 Å². The summed E-state index contributed by atoms with van der Waals surface area (Å²) in [5, 5.41) is 0. The zero-order valence-electron chi connectivity index (χ0n) is 26.7. The first-order chi connectivity index (χ1) is 18.2. The Hall–Kier alpha value is -0.0400. The average molecular weight is 522 g/mol. The van der Waals surface area contributed by atoms with Crippen LogP contribution >= 0.6 is 0 Å². The molecule has 0 bridgehead atoms. The molecule has 0 aliphatic carbocycles. The van der Waals surface area contributed by atoms with Crippen molar-refractivity contribution < 1.29 is 0 Å². The summed E-state index contributed by atoms with van der Waals surface area (Å²) in [7, 11) is 0. The van der Waals surface area contributed by atoms with Crippen molar-refractivity contribution in [2.24, 2.45) is 5.73 Å². The van der Waals surface area contributed by atoms with Gasteiger partial charge in [0.05, 0.1) is 0 Å². The Bertz CT molecular complexity index is 379. The molecule has 2 N–H and O–H groups in total. The van der Waals surface area contributed by atoms with Gasteiger partial charge >= 0.3 is 0 Å². The van der Waals surface area contributed by atoms with Crippen LogP contribution in [0.25, 0.3) is 0 Å². The van der Waals surface area contributed by atoms with Crippen LogP contribution in [0.1, 0.15) is 226 Å². The van der Waals surface area contributed by atoms with Gasteiger partial charge in [-0.15, -0.1) is 0 Å². The highest BCUT2D eigenvalue weighted by atomic mass is 14.7. The lowest BCUT2D eigenvalue weighted by atomic mass is 9.82. The Balaban J connectivity index is 4.05. The lowest BCUT2D eigenvalue weighted by molar-refractivity contribution is 0.302. The van der Waals surface area contributed by atoms with Gasteiger partial charge in [0, 0.05) is 5.54 Å². The summed E-state index contributed by atoms with van der Waals surface area (Å²) >= 11 is 0. The van der Waals surface area contributed by atoms with Gasteiger partial charge in [-0.25, -0.2) is 0 Å². The quantitative estimate of drug-likeness (QED) is 0.0875. The van der Waals surface area contributed by atoms with E-state index < -0.39 is 0 Å². The van der Waals surface area contributed by atoms with E-state index in [0.717, 1.165) is 0 Å². The smallest absolute Gasteiger partial charge is 0.0154 e. The Labute approximate surface area is 237 Å². The van der Waals surface area contributed by atoms with Crippen molar-refractivity contribution in [3.63, 3.8) is 0 Å². The van der Waals surface area contributed by atoms with E-state index in [9.17, 15) is 0 Å². The van der Waals surface area contributed by atoms with E-state index in [1.165, 1.54) is 205 Å². The molecule has 224 valence electrons. The minimum absolute atomic E-state index is 0.126.